The maximum Gasteiger partial charge on any atom is 0.261 e. The van der Waals surface area contributed by atoms with E-state index in [1.807, 2.05) is 53.3 Å². The first-order valence-corrected chi connectivity index (χ1v) is 9.24. The molecule has 5 nitrogen and oxygen atoms in total. The first-order chi connectivity index (χ1) is 12.1. The molecule has 0 bridgehead atoms. The summed E-state index contributed by atoms with van der Waals surface area (Å²) in [7, 11) is 0. The molecule has 0 fully saturated rings. The Kier molecular flexibility index (Phi) is 5.28. The lowest BCUT2D eigenvalue weighted by atomic mass is 10.2. The molecule has 0 saturated carbocycles. The summed E-state index contributed by atoms with van der Waals surface area (Å²) in [5, 5.41) is 4.82. The molecule has 1 aromatic carbocycles. The lowest BCUT2D eigenvalue weighted by Gasteiger charge is -2.15. The number of ketones is 1. The topological polar surface area (TPSA) is 64.0 Å². The fourth-order valence-corrected chi connectivity index (χ4v) is 3.47. The number of imidazole rings is 1. The van der Waals surface area contributed by atoms with Crippen LogP contribution in [-0.4, -0.2) is 27.8 Å². The second-order valence-corrected chi connectivity index (χ2v) is 6.96. The van der Waals surface area contributed by atoms with Gasteiger partial charge in [0.1, 0.15) is 5.82 Å². The van der Waals surface area contributed by atoms with Gasteiger partial charge in [0.2, 0.25) is 0 Å². The van der Waals surface area contributed by atoms with E-state index in [1.165, 1.54) is 11.3 Å². The van der Waals surface area contributed by atoms with Gasteiger partial charge in [0, 0.05) is 13.0 Å². The third-order valence-electron chi connectivity index (χ3n) is 4.25. The van der Waals surface area contributed by atoms with Crippen molar-refractivity contribution in [1.29, 1.82) is 0 Å². The largest absolute Gasteiger partial charge is 0.351 e. The van der Waals surface area contributed by atoms with Crippen LogP contribution in [0.25, 0.3) is 11.0 Å². The van der Waals surface area contributed by atoms with Gasteiger partial charge in [-0.2, -0.15) is 0 Å². The Balaban J connectivity index is 1.69. The van der Waals surface area contributed by atoms with Gasteiger partial charge in [-0.3, -0.25) is 9.59 Å². The van der Waals surface area contributed by atoms with Crippen molar-refractivity contribution < 1.29 is 9.59 Å². The number of aryl methyl sites for hydroxylation is 1. The zero-order valence-corrected chi connectivity index (χ0v) is 15.2. The quantitative estimate of drug-likeness (QED) is 0.659. The molecule has 6 heteroatoms. The summed E-state index contributed by atoms with van der Waals surface area (Å²) in [6.45, 7) is 4.08. The normalized spacial score (nSPS) is 12.2. The van der Waals surface area contributed by atoms with Gasteiger partial charge < -0.3 is 9.88 Å². The summed E-state index contributed by atoms with van der Waals surface area (Å²) in [6.07, 6.45) is 1.47. The predicted octanol–water partition coefficient (Wildman–Crippen LogP) is 3.61. The minimum Gasteiger partial charge on any atom is -0.351 e. The van der Waals surface area contributed by atoms with E-state index in [9.17, 15) is 9.59 Å². The van der Waals surface area contributed by atoms with Crippen LogP contribution in [0, 0.1) is 0 Å². The third-order valence-corrected chi connectivity index (χ3v) is 5.12. The Hall–Kier alpha value is -2.47. The molecule has 0 aliphatic rings. The number of nitrogens with one attached hydrogen (secondary N) is 1. The molecule has 0 radical (unpaired) electrons. The monoisotopic (exact) mass is 355 g/mol. The van der Waals surface area contributed by atoms with Gasteiger partial charge in [0.05, 0.1) is 22.0 Å². The van der Waals surface area contributed by atoms with Gasteiger partial charge in [-0.15, -0.1) is 11.3 Å². The fourth-order valence-electron chi connectivity index (χ4n) is 2.83. The first kappa shape index (κ1) is 17.4. The van der Waals surface area contributed by atoms with Crippen molar-refractivity contribution in [2.75, 3.05) is 6.54 Å². The second kappa shape index (κ2) is 7.61. The van der Waals surface area contributed by atoms with Crippen molar-refractivity contribution in [1.82, 2.24) is 14.9 Å². The number of hydrogen-bond donors (Lipinski definition) is 1. The summed E-state index contributed by atoms with van der Waals surface area (Å²) in [6, 6.07) is 11.3. The highest BCUT2D eigenvalue weighted by Crippen LogP contribution is 2.22. The van der Waals surface area contributed by atoms with Crippen LogP contribution in [0.2, 0.25) is 0 Å². The third kappa shape index (κ3) is 3.79. The molecule has 0 spiro atoms. The van der Waals surface area contributed by atoms with Gasteiger partial charge in [0.25, 0.3) is 5.91 Å². The van der Waals surface area contributed by atoms with Gasteiger partial charge >= 0.3 is 0 Å². The van der Waals surface area contributed by atoms with Gasteiger partial charge in [-0.1, -0.05) is 18.2 Å². The summed E-state index contributed by atoms with van der Waals surface area (Å²) < 4.78 is 2.01. The van der Waals surface area contributed by atoms with E-state index >= 15 is 0 Å². The molecular formula is C19H21N3O2S. The molecule has 2 heterocycles. The summed E-state index contributed by atoms with van der Waals surface area (Å²) >= 11 is 1.43. The molecule has 1 unspecified atom stereocenters. The average molecular weight is 355 g/mol. The molecule has 130 valence electrons. The molecule has 0 saturated heterocycles. The summed E-state index contributed by atoms with van der Waals surface area (Å²) in [4.78, 5) is 29.2. The van der Waals surface area contributed by atoms with Crippen molar-refractivity contribution in [2.45, 2.75) is 32.7 Å². The molecule has 2 aromatic heterocycles. The number of nitrogens with zero attached hydrogens (tertiary/aromatic N) is 2. The predicted molar refractivity (Wildman–Crippen MR) is 100 cm³/mol. The van der Waals surface area contributed by atoms with Crippen molar-refractivity contribution in [3.63, 3.8) is 0 Å². The highest BCUT2D eigenvalue weighted by atomic mass is 32.1. The number of benzene rings is 1. The Labute approximate surface area is 150 Å². The number of hydrogen-bond acceptors (Lipinski definition) is 4. The SMILES string of the molecule is CC(=O)C(C)n1c(CCCNC(=O)c2cccs2)nc2ccccc21. The fraction of sp³-hybridized carbons (Fsp3) is 0.316. The number of rotatable bonds is 7. The maximum atomic E-state index is 12.0. The van der Waals surface area contributed by atoms with E-state index in [0.29, 0.717) is 13.0 Å². The standard InChI is InChI=1S/C19H21N3O2S/c1-13(14(2)23)22-16-8-4-3-7-15(16)21-18(22)10-5-11-20-19(24)17-9-6-12-25-17/h3-4,6-9,12-13H,5,10-11H2,1-2H3,(H,20,24). The highest BCUT2D eigenvalue weighted by molar-refractivity contribution is 7.12. The van der Waals surface area contributed by atoms with Crippen LogP contribution in [0.5, 0.6) is 0 Å². The van der Waals surface area contributed by atoms with Crippen molar-refractivity contribution >= 4 is 34.1 Å². The molecule has 1 amide bonds. The van der Waals surface area contributed by atoms with E-state index in [0.717, 1.165) is 28.2 Å². The minimum atomic E-state index is -0.247. The smallest absolute Gasteiger partial charge is 0.261 e. The molecular weight excluding hydrogens is 334 g/mol. The van der Waals surface area contributed by atoms with Gasteiger partial charge in [0.15, 0.2) is 5.78 Å². The lowest BCUT2D eigenvalue weighted by molar-refractivity contribution is -0.119. The van der Waals surface area contributed by atoms with Crippen molar-refractivity contribution in [2.24, 2.45) is 0 Å². The van der Waals surface area contributed by atoms with Crippen LogP contribution in [-0.2, 0) is 11.2 Å². The molecule has 25 heavy (non-hydrogen) atoms. The van der Waals surface area contributed by atoms with E-state index in [-0.39, 0.29) is 17.7 Å². The molecule has 1 atom stereocenters. The Morgan fingerprint density at radius 1 is 1.24 bits per heavy atom. The van der Waals surface area contributed by atoms with E-state index in [2.05, 4.69) is 10.3 Å². The van der Waals surface area contributed by atoms with E-state index in [4.69, 9.17) is 0 Å². The molecule has 3 rings (SSSR count). The van der Waals surface area contributed by atoms with E-state index < -0.39 is 0 Å². The summed E-state index contributed by atoms with van der Waals surface area (Å²) in [5.41, 5.74) is 1.87. The molecule has 1 N–H and O–H groups in total. The number of Topliss-reactive ketones (excluding diaryl/α,β-unsaturated/α-hetero) is 1. The van der Waals surface area contributed by atoms with Crippen LogP contribution in [0.15, 0.2) is 41.8 Å². The first-order valence-electron chi connectivity index (χ1n) is 8.36. The molecule has 3 aromatic rings. The number of thiophene rings is 1. The van der Waals surface area contributed by atoms with Crippen LogP contribution >= 0.6 is 11.3 Å². The Bertz CT molecular complexity index is 883. The minimum absolute atomic E-state index is 0.0411. The number of carbonyl (C=O) groups is 2. The zero-order chi connectivity index (χ0) is 17.8. The summed E-state index contributed by atoms with van der Waals surface area (Å²) in [5.74, 6) is 0.949. The van der Waals surface area contributed by atoms with Crippen molar-refractivity contribution in [3.05, 3.63) is 52.5 Å². The highest BCUT2D eigenvalue weighted by Gasteiger charge is 2.18. The molecule has 0 aliphatic heterocycles. The number of aromatic nitrogens is 2. The van der Waals surface area contributed by atoms with Crippen molar-refractivity contribution in [3.8, 4) is 0 Å². The van der Waals surface area contributed by atoms with E-state index in [1.54, 1.807) is 6.92 Å². The molecule has 0 aliphatic carbocycles. The van der Waals surface area contributed by atoms with Crippen LogP contribution in [0.3, 0.4) is 0 Å². The Morgan fingerprint density at radius 2 is 2.04 bits per heavy atom. The zero-order valence-electron chi connectivity index (χ0n) is 14.4. The van der Waals surface area contributed by atoms with Crippen LogP contribution in [0.4, 0.5) is 0 Å². The average Bonchev–Trinajstić information content (AvgIpc) is 3.25. The lowest BCUT2D eigenvalue weighted by Crippen LogP contribution is -2.24. The number of para-hydroxylation sites is 2. The van der Waals surface area contributed by atoms with Crippen LogP contribution in [0.1, 0.15) is 41.8 Å². The number of amides is 1. The number of fused-ring (bicyclic) bond motifs is 1. The van der Waals surface area contributed by atoms with Gasteiger partial charge in [-0.05, 0) is 43.8 Å². The van der Waals surface area contributed by atoms with Crippen LogP contribution < -0.4 is 5.32 Å². The maximum absolute atomic E-state index is 12.0. The second-order valence-electron chi connectivity index (χ2n) is 6.01. The van der Waals surface area contributed by atoms with Gasteiger partial charge in [-0.25, -0.2) is 4.98 Å². The Morgan fingerprint density at radius 3 is 2.76 bits per heavy atom. The number of carbonyl (C=O) groups excluding carboxylic acids is 2.